The summed E-state index contributed by atoms with van der Waals surface area (Å²) in [6.07, 6.45) is 3.59. The zero-order valence-electron chi connectivity index (χ0n) is 19.1. The molecule has 3 aliphatic rings. The quantitative estimate of drug-likeness (QED) is 0.271. The van der Waals surface area contributed by atoms with Gasteiger partial charge in [0, 0.05) is 59.1 Å². The van der Waals surface area contributed by atoms with Crippen LogP contribution in [0.3, 0.4) is 0 Å². The summed E-state index contributed by atoms with van der Waals surface area (Å²) >= 11 is 10.2. The van der Waals surface area contributed by atoms with Crippen LogP contribution in [-0.2, 0) is 33.2 Å². The van der Waals surface area contributed by atoms with E-state index in [0.29, 0.717) is 50.4 Å². The molecule has 188 valence electrons. The summed E-state index contributed by atoms with van der Waals surface area (Å²) in [4.78, 5) is 15.6. The Balaban J connectivity index is 1.54. The average molecular weight is 648 g/mol. The maximum atomic E-state index is 13.7. The third kappa shape index (κ3) is 5.45. The largest absolute Gasteiger partial charge is 0.353 e. The van der Waals surface area contributed by atoms with Gasteiger partial charge in [-0.1, -0.05) is 0 Å². The molecule has 0 amide bonds. The summed E-state index contributed by atoms with van der Waals surface area (Å²) < 4.78 is 36.4. The number of carbonyl (C=O) groups excluding carboxylic acids is 1. The van der Waals surface area contributed by atoms with Gasteiger partial charge in [-0.05, 0) is 56.1 Å². The van der Waals surface area contributed by atoms with Crippen molar-refractivity contribution in [1.29, 1.82) is 0 Å². The fourth-order valence-electron chi connectivity index (χ4n) is 4.37. The zero-order valence-corrected chi connectivity index (χ0v) is 23.9. The van der Waals surface area contributed by atoms with Gasteiger partial charge in [0.1, 0.15) is 0 Å². The predicted octanol–water partition coefficient (Wildman–Crippen LogP) is 6.24. The first-order chi connectivity index (χ1) is 16.9. The molecule has 0 unspecified atom stereocenters. The molecule has 0 N–H and O–H groups in total. The van der Waals surface area contributed by atoms with Crippen LogP contribution in [-0.4, -0.2) is 52.2 Å². The molecule has 4 heterocycles. The van der Waals surface area contributed by atoms with Crippen molar-refractivity contribution in [3.05, 3.63) is 51.7 Å². The van der Waals surface area contributed by atoms with Crippen LogP contribution in [0.25, 0.3) is 12.2 Å². The highest BCUT2D eigenvalue weighted by Crippen LogP contribution is 2.43. The van der Waals surface area contributed by atoms with Crippen LogP contribution in [0.15, 0.2) is 30.9 Å². The molecule has 0 spiro atoms. The fraction of sp³-hybridized carbons (Fsp3) is 0.458. The third-order valence-corrected chi connectivity index (χ3v) is 9.33. The Morgan fingerprint density at radius 3 is 1.60 bits per heavy atom. The zero-order chi connectivity index (χ0) is 24.6. The molecule has 7 nitrogen and oxygen atoms in total. The highest BCUT2D eigenvalue weighted by atomic mass is 79.9. The van der Waals surface area contributed by atoms with Gasteiger partial charge in [0.05, 0.1) is 34.0 Å². The molecule has 5 rings (SSSR count). The maximum Gasteiger partial charge on any atom is 0.185 e. The van der Waals surface area contributed by atoms with E-state index < -0.39 is 18.4 Å². The molecule has 1 aliphatic carbocycles. The summed E-state index contributed by atoms with van der Waals surface area (Å²) in [6.45, 7) is 2.18. The smallest absolute Gasteiger partial charge is 0.185 e. The second kappa shape index (κ2) is 10.9. The molecule has 0 aromatic carbocycles. The number of thiophene rings is 2. The SMILES string of the molecule is COC1(OC)C/C(=C\c2sc(Br)cc2C2OCCO2)C(=O)/C(=C/c2sc(Br)cc2C2OCCO2)C1. The molecule has 1 saturated carbocycles. The van der Waals surface area contributed by atoms with Crippen LogP contribution < -0.4 is 0 Å². The number of ketones is 1. The molecule has 0 bridgehead atoms. The second-order valence-electron chi connectivity index (χ2n) is 8.23. The highest BCUT2D eigenvalue weighted by molar-refractivity contribution is 9.11. The highest BCUT2D eigenvalue weighted by Gasteiger charge is 2.41. The molecule has 2 aromatic heterocycles. The van der Waals surface area contributed by atoms with Crippen molar-refractivity contribution >= 4 is 72.5 Å². The lowest BCUT2D eigenvalue weighted by Gasteiger charge is -2.36. The lowest BCUT2D eigenvalue weighted by atomic mass is 9.83. The summed E-state index contributed by atoms with van der Waals surface area (Å²) in [6, 6.07) is 3.96. The lowest BCUT2D eigenvalue weighted by molar-refractivity contribution is -0.207. The molecule has 2 aliphatic heterocycles. The molecule has 11 heteroatoms. The monoisotopic (exact) mass is 646 g/mol. The minimum Gasteiger partial charge on any atom is -0.353 e. The minimum absolute atomic E-state index is 0.0396. The van der Waals surface area contributed by atoms with E-state index in [9.17, 15) is 4.79 Å². The molecule has 2 aromatic rings. The molecule has 3 fully saturated rings. The van der Waals surface area contributed by atoms with Gasteiger partial charge in [-0.15, -0.1) is 22.7 Å². The van der Waals surface area contributed by atoms with Crippen LogP contribution in [0.2, 0.25) is 0 Å². The van der Waals surface area contributed by atoms with Crippen molar-refractivity contribution in [3.8, 4) is 0 Å². The fourth-order valence-corrected chi connectivity index (χ4v) is 7.65. The maximum absolute atomic E-state index is 13.7. The van der Waals surface area contributed by atoms with Crippen molar-refractivity contribution in [2.75, 3.05) is 40.6 Å². The molecule has 2 saturated heterocycles. The Kier molecular flexibility index (Phi) is 8.10. The van der Waals surface area contributed by atoms with E-state index in [1.807, 2.05) is 24.3 Å². The van der Waals surface area contributed by atoms with Crippen LogP contribution in [0.4, 0.5) is 0 Å². The summed E-state index contributed by atoms with van der Waals surface area (Å²) in [7, 11) is 3.21. The van der Waals surface area contributed by atoms with Gasteiger partial charge in [-0.2, -0.15) is 0 Å². The minimum atomic E-state index is -0.949. The van der Waals surface area contributed by atoms with Gasteiger partial charge in [0.2, 0.25) is 0 Å². The van der Waals surface area contributed by atoms with E-state index in [1.165, 1.54) is 22.7 Å². The summed E-state index contributed by atoms with van der Waals surface area (Å²) in [5.41, 5.74) is 3.00. The van der Waals surface area contributed by atoms with Gasteiger partial charge in [0.25, 0.3) is 0 Å². The first-order valence-corrected chi connectivity index (χ1v) is 14.2. The van der Waals surface area contributed by atoms with Crippen molar-refractivity contribution in [3.63, 3.8) is 0 Å². The second-order valence-corrected chi connectivity index (χ2v) is 13.2. The molecule has 0 radical (unpaired) electrons. The number of rotatable bonds is 6. The van der Waals surface area contributed by atoms with Gasteiger partial charge in [0.15, 0.2) is 24.2 Å². The summed E-state index contributed by atoms with van der Waals surface area (Å²) in [5.74, 6) is -0.988. The topological polar surface area (TPSA) is 72.5 Å². The predicted molar refractivity (Wildman–Crippen MR) is 140 cm³/mol. The van der Waals surface area contributed by atoms with E-state index in [-0.39, 0.29) is 5.78 Å². The lowest BCUT2D eigenvalue weighted by Crippen LogP contribution is -2.40. The molecular weight excluding hydrogens is 624 g/mol. The molecule has 35 heavy (non-hydrogen) atoms. The van der Waals surface area contributed by atoms with E-state index >= 15 is 0 Å². The van der Waals surface area contributed by atoms with E-state index in [4.69, 9.17) is 28.4 Å². The van der Waals surface area contributed by atoms with Crippen LogP contribution in [0.1, 0.15) is 46.3 Å². The first-order valence-electron chi connectivity index (χ1n) is 11.0. The Hall–Kier alpha value is -0.730. The average Bonchev–Trinajstić information content (AvgIpc) is 3.64. The van der Waals surface area contributed by atoms with Crippen LogP contribution >= 0.6 is 54.5 Å². The van der Waals surface area contributed by atoms with Crippen molar-refractivity contribution in [1.82, 2.24) is 0 Å². The van der Waals surface area contributed by atoms with Crippen molar-refractivity contribution in [2.24, 2.45) is 0 Å². The van der Waals surface area contributed by atoms with E-state index in [1.54, 1.807) is 14.2 Å². The number of carbonyl (C=O) groups is 1. The number of hydrogen-bond donors (Lipinski definition) is 0. The summed E-state index contributed by atoms with van der Waals surface area (Å²) in [5, 5.41) is 0. The standard InChI is InChI=1S/C24H24Br2O7S2/c1-28-24(29-2)11-13(7-17-15(9-19(25)34-17)22-30-3-4-31-22)21(27)14(12-24)8-18-16(10-20(26)35-18)23-32-5-6-33-23/h7-10,22-23H,3-6,11-12H2,1-2H3/b13-7+,14-8+. The van der Waals surface area contributed by atoms with Gasteiger partial charge in [-0.3, -0.25) is 4.79 Å². The molecular formula is C24H24Br2O7S2. The Morgan fingerprint density at radius 1 is 0.829 bits per heavy atom. The number of methoxy groups -OCH3 is 2. The normalized spacial score (nSPS) is 23.8. The number of halogens is 2. The Morgan fingerprint density at radius 2 is 1.23 bits per heavy atom. The Bertz CT molecular complexity index is 1070. The van der Waals surface area contributed by atoms with Crippen molar-refractivity contribution < 1.29 is 33.2 Å². The van der Waals surface area contributed by atoms with E-state index in [2.05, 4.69) is 31.9 Å². The Labute approximate surface area is 228 Å². The van der Waals surface area contributed by atoms with Gasteiger partial charge >= 0.3 is 0 Å². The van der Waals surface area contributed by atoms with Gasteiger partial charge < -0.3 is 28.4 Å². The van der Waals surface area contributed by atoms with Crippen molar-refractivity contribution in [2.45, 2.75) is 31.2 Å². The number of ether oxygens (including phenoxy) is 6. The van der Waals surface area contributed by atoms with Crippen LogP contribution in [0, 0.1) is 0 Å². The third-order valence-electron chi connectivity index (χ3n) is 6.13. The van der Waals surface area contributed by atoms with Crippen LogP contribution in [0.5, 0.6) is 0 Å². The van der Waals surface area contributed by atoms with Gasteiger partial charge in [-0.25, -0.2) is 0 Å². The van der Waals surface area contributed by atoms with E-state index in [0.717, 1.165) is 28.5 Å². The molecule has 0 atom stereocenters. The first kappa shape index (κ1) is 25.9. The number of hydrogen-bond acceptors (Lipinski definition) is 9. The number of Topliss-reactive ketones (excluding diaryl/α,β-unsaturated/α-hetero) is 1.